The van der Waals surface area contributed by atoms with Crippen molar-refractivity contribution in [1.29, 1.82) is 0 Å². The monoisotopic (exact) mass is 197 g/mol. The van der Waals surface area contributed by atoms with E-state index in [1.54, 1.807) is 4.90 Å². The topological polar surface area (TPSA) is 81.6 Å². The van der Waals surface area contributed by atoms with E-state index in [0.29, 0.717) is 25.4 Å². The number of nitrogens with two attached hydrogens (primary N) is 1. The summed E-state index contributed by atoms with van der Waals surface area (Å²) in [7, 11) is 1.36. The first-order valence-corrected chi connectivity index (χ1v) is 4.28. The molecule has 2 rings (SSSR count). The molecule has 0 fully saturated rings. The Balaban J connectivity index is 2.18. The first-order chi connectivity index (χ1) is 6.72. The van der Waals surface area contributed by atoms with Crippen LogP contribution in [0.15, 0.2) is 4.52 Å². The summed E-state index contributed by atoms with van der Waals surface area (Å²) in [5.74, 6) is 0.351. The highest BCUT2D eigenvalue weighted by molar-refractivity contribution is 5.68. The Morgan fingerprint density at radius 1 is 1.71 bits per heavy atom. The van der Waals surface area contributed by atoms with Gasteiger partial charge in [0.2, 0.25) is 5.88 Å². The number of nitrogens with zero attached hydrogens (tertiary/aromatic N) is 2. The summed E-state index contributed by atoms with van der Waals surface area (Å²) in [4.78, 5) is 12.8. The maximum absolute atomic E-state index is 11.2. The zero-order chi connectivity index (χ0) is 10.1. The van der Waals surface area contributed by atoms with Gasteiger partial charge < -0.3 is 19.9 Å². The van der Waals surface area contributed by atoms with Crippen LogP contribution in [-0.2, 0) is 17.7 Å². The smallest absolute Gasteiger partial charge is 0.409 e. The third-order valence-corrected chi connectivity index (χ3v) is 2.31. The average molecular weight is 197 g/mol. The number of amides is 1. The molecule has 1 aromatic rings. The van der Waals surface area contributed by atoms with E-state index in [9.17, 15) is 4.79 Å². The van der Waals surface area contributed by atoms with Crippen molar-refractivity contribution in [2.24, 2.45) is 0 Å². The number of carbonyl (C=O) groups is 1. The molecule has 0 unspecified atom stereocenters. The van der Waals surface area contributed by atoms with E-state index >= 15 is 0 Å². The van der Waals surface area contributed by atoms with Crippen molar-refractivity contribution < 1.29 is 14.1 Å². The van der Waals surface area contributed by atoms with Gasteiger partial charge in [0.05, 0.1) is 13.7 Å². The van der Waals surface area contributed by atoms with Crippen LogP contribution in [0, 0.1) is 0 Å². The highest BCUT2D eigenvalue weighted by Crippen LogP contribution is 2.23. The van der Waals surface area contributed by atoms with Gasteiger partial charge in [0.1, 0.15) is 5.69 Å². The molecule has 0 radical (unpaired) electrons. The molecule has 76 valence electrons. The van der Waals surface area contributed by atoms with Gasteiger partial charge in [-0.2, -0.15) is 0 Å². The van der Waals surface area contributed by atoms with E-state index in [2.05, 4.69) is 9.89 Å². The SMILES string of the molecule is COC(=O)N1CCc2c(noc2N)C1. The zero-order valence-corrected chi connectivity index (χ0v) is 7.82. The number of nitrogen functional groups attached to an aromatic ring is 1. The highest BCUT2D eigenvalue weighted by Gasteiger charge is 2.25. The van der Waals surface area contributed by atoms with Crippen LogP contribution < -0.4 is 5.73 Å². The molecule has 1 aliphatic rings. The van der Waals surface area contributed by atoms with Crippen LogP contribution in [-0.4, -0.2) is 29.8 Å². The fourth-order valence-electron chi connectivity index (χ4n) is 1.54. The zero-order valence-electron chi connectivity index (χ0n) is 7.82. The van der Waals surface area contributed by atoms with Crippen LogP contribution in [0.1, 0.15) is 11.3 Å². The number of rotatable bonds is 0. The van der Waals surface area contributed by atoms with Crippen LogP contribution in [0.5, 0.6) is 0 Å². The largest absolute Gasteiger partial charge is 0.453 e. The van der Waals surface area contributed by atoms with Crippen molar-refractivity contribution >= 4 is 12.0 Å². The summed E-state index contributed by atoms with van der Waals surface area (Å²) in [6.45, 7) is 0.994. The lowest BCUT2D eigenvalue weighted by Crippen LogP contribution is -2.35. The lowest BCUT2D eigenvalue weighted by atomic mass is 10.1. The van der Waals surface area contributed by atoms with Gasteiger partial charge in [-0.3, -0.25) is 0 Å². The van der Waals surface area contributed by atoms with Crippen molar-refractivity contribution in [1.82, 2.24) is 10.1 Å². The number of fused-ring (bicyclic) bond motifs is 1. The summed E-state index contributed by atoms with van der Waals surface area (Å²) in [6, 6.07) is 0. The van der Waals surface area contributed by atoms with Crippen molar-refractivity contribution in [3.63, 3.8) is 0 Å². The van der Waals surface area contributed by atoms with Gasteiger partial charge in [0.25, 0.3) is 0 Å². The molecule has 2 heterocycles. The van der Waals surface area contributed by atoms with Gasteiger partial charge >= 0.3 is 6.09 Å². The molecule has 0 bridgehead atoms. The molecule has 0 aromatic carbocycles. The molecular weight excluding hydrogens is 186 g/mol. The second kappa shape index (κ2) is 3.21. The molecule has 0 atom stereocenters. The lowest BCUT2D eigenvalue weighted by molar-refractivity contribution is 0.118. The summed E-state index contributed by atoms with van der Waals surface area (Å²) in [5.41, 5.74) is 7.18. The van der Waals surface area contributed by atoms with E-state index < -0.39 is 0 Å². The number of carbonyl (C=O) groups excluding carboxylic acids is 1. The Bertz CT molecular complexity index is 361. The quantitative estimate of drug-likeness (QED) is 0.650. The molecule has 0 saturated carbocycles. The molecule has 0 saturated heterocycles. The van der Waals surface area contributed by atoms with Crippen LogP contribution in [0.2, 0.25) is 0 Å². The number of ether oxygens (including phenoxy) is 1. The Morgan fingerprint density at radius 2 is 2.50 bits per heavy atom. The van der Waals surface area contributed by atoms with Gasteiger partial charge in [-0.05, 0) is 6.42 Å². The van der Waals surface area contributed by atoms with Crippen molar-refractivity contribution in [2.45, 2.75) is 13.0 Å². The Morgan fingerprint density at radius 3 is 3.21 bits per heavy atom. The number of aromatic nitrogens is 1. The number of hydrogen-bond donors (Lipinski definition) is 1. The number of anilines is 1. The van der Waals surface area contributed by atoms with Gasteiger partial charge in [-0.25, -0.2) is 4.79 Å². The predicted octanol–water partition coefficient (Wildman–Crippen LogP) is 0.381. The van der Waals surface area contributed by atoms with Gasteiger partial charge in [0.15, 0.2) is 0 Å². The molecule has 14 heavy (non-hydrogen) atoms. The second-order valence-electron chi connectivity index (χ2n) is 3.11. The highest BCUT2D eigenvalue weighted by atomic mass is 16.5. The predicted molar refractivity (Wildman–Crippen MR) is 47.4 cm³/mol. The number of hydrogen-bond acceptors (Lipinski definition) is 5. The lowest BCUT2D eigenvalue weighted by Gasteiger charge is -2.23. The van der Waals surface area contributed by atoms with E-state index in [-0.39, 0.29) is 6.09 Å². The van der Waals surface area contributed by atoms with Crippen LogP contribution in [0.25, 0.3) is 0 Å². The minimum Gasteiger partial charge on any atom is -0.453 e. The van der Waals surface area contributed by atoms with E-state index in [1.807, 2.05) is 0 Å². The summed E-state index contributed by atoms with van der Waals surface area (Å²) >= 11 is 0. The van der Waals surface area contributed by atoms with E-state index in [1.165, 1.54) is 7.11 Å². The standard InChI is InChI=1S/C8H11N3O3/c1-13-8(12)11-3-2-5-6(4-11)10-14-7(5)9/h2-4,9H2,1H3. The third kappa shape index (κ3) is 1.28. The molecule has 6 heteroatoms. The molecule has 0 aliphatic carbocycles. The summed E-state index contributed by atoms with van der Waals surface area (Å²) < 4.78 is 9.44. The van der Waals surface area contributed by atoms with Crippen molar-refractivity contribution in [3.05, 3.63) is 11.3 Å². The van der Waals surface area contributed by atoms with E-state index in [0.717, 1.165) is 11.3 Å². The maximum Gasteiger partial charge on any atom is 0.409 e. The molecule has 1 aliphatic heterocycles. The van der Waals surface area contributed by atoms with Gasteiger partial charge in [-0.1, -0.05) is 5.16 Å². The second-order valence-corrected chi connectivity index (χ2v) is 3.11. The fourth-order valence-corrected chi connectivity index (χ4v) is 1.54. The van der Waals surface area contributed by atoms with E-state index in [4.69, 9.17) is 10.3 Å². The van der Waals surface area contributed by atoms with Crippen molar-refractivity contribution in [2.75, 3.05) is 19.4 Å². The maximum atomic E-state index is 11.2. The first-order valence-electron chi connectivity index (χ1n) is 4.28. The summed E-state index contributed by atoms with van der Waals surface area (Å²) in [6.07, 6.45) is 0.317. The Kier molecular flexibility index (Phi) is 2.03. The van der Waals surface area contributed by atoms with Crippen LogP contribution in [0.4, 0.5) is 10.7 Å². The molecule has 1 amide bonds. The number of methoxy groups -OCH3 is 1. The summed E-state index contributed by atoms with van der Waals surface area (Å²) in [5, 5.41) is 3.77. The molecule has 2 N–H and O–H groups in total. The minimum atomic E-state index is -0.350. The molecule has 6 nitrogen and oxygen atoms in total. The molecule has 0 spiro atoms. The van der Waals surface area contributed by atoms with Gasteiger partial charge in [0, 0.05) is 12.1 Å². The van der Waals surface area contributed by atoms with Crippen molar-refractivity contribution in [3.8, 4) is 0 Å². The normalized spacial score (nSPS) is 15.1. The Hall–Kier alpha value is -1.72. The molecular formula is C8H11N3O3. The third-order valence-electron chi connectivity index (χ3n) is 2.31. The fraction of sp³-hybridized carbons (Fsp3) is 0.500. The van der Waals surface area contributed by atoms with Crippen LogP contribution >= 0.6 is 0 Å². The van der Waals surface area contributed by atoms with Gasteiger partial charge in [-0.15, -0.1) is 0 Å². The average Bonchev–Trinajstić information content (AvgIpc) is 2.59. The minimum absolute atomic E-state index is 0.350. The van der Waals surface area contributed by atoms with Crippen LogP contribution in [0.3, 0.4) is 0 Å². The first kappa shape index (κ1) is 8.86. The Labute approximate surface area is 80.6 Å². The molecule has 1 aromatic heterocycles.